The third-order valence-corrected chi connectivity index (χ3v) is 4.86. The number of carbonyl (C=O) groups is 1. The zero-order valence-electron chi connectivity index (χ0n) is 14.5. The number of rotatable bonds is 10. The second-order valence-corrected chi connectivity index (χ2v) is 6.52. The molecule has 0 amide bonds. The first kappa shape index (κ1) is 21.1. The second-order valence-electron chi connectivity index (χ2n) is 4.61. The lowest BCUT2D eigenvalue weighted by atomic mass is 10.1. The Bertz CT molecular complexity index is 658. The zero-order chi connectivity index (χ0) is 18.9. The Kier molecular flexibility index (Phi) is 8.55. The molecule has 6 nitrogen and oxygen atoms in total. The third kappa shape index (κ3) is 5.53. The van der Waals surface area contributed by atoms with Gasteiger partial charge in [-0.2, -0.15) is 4.39 Å². The molecule has 0 fully saturated rings. The van der Waals surface area contributed by atoms with Crippen LogP contribution in [0.5, 0.6) is 5.75 Å². The van der Waals surface area contributed by atoms with Gasteiger partial charge in [0.15, 0.2) is 0 Å². The first-order valence-electron chi connectivity index (χ1n) is 7.65. The molecular weight excluding hydrogens is 350 g/mol. The highest BCUT2D eigenvalue weighted by molar-refractivity contribution is 7.58. The number of methoxy groups -OCH3 is 1. The molecule has 0 saturated carbocycles. The lowest BCUT2D eigenvalue weighted by molar-refractivity contribution is -0.135. The summed E-state index contributed by atoms with van der Waals surface area (Å²) in [4.78, 5) is 12.3. The number of ether oxygens (including phenoxy) is 2. The van der Waals surface area contributed by atoms with Gasteiger partial charge in [-0.1, -0.05) is 24.8 Å². The highest BCUT2D eigenvalue weighted by Crippen LogP contribution is 2.59. The maximum absolute atomic E-state index is 15.0. The van der Waals surface area contributed by atoms with Crippen molar-refractivity contribution in [3.05, 3.63) is 48.1 Å². The topological polar surface area (TPSA) is 71.1 Å². The normalized spacial score (nSPS) is 12.3. The summed E-state index contributed by atoms with van der Waals surface area (Å²) in [6.07, 6.45) is 1.34. The van der Waals surface area contributed by atoms with Crippen LogP contribution in [0.1, 0.15) is 19.4 Å². The van der Waals surface area contributed by atoms with Crippen molar-refractivity contribution in [2.45, 2.75) is 13.8 Å². The van der Waals surface area contributed by atoms with Crippen LogP contribution in [0.3, 0.4) is 0 Å². The van der Waals surface area contributed by atoms with E-state index in [4.69, 9.17) is 18.5 Å². The van der Waals surface area contributed by atoms with Crippen LogP contribution in [0.2, 0.25) is 0 Å². The van der Waals surface area contributed by atoms with Gasteiger partial charge in [-0.3, -0.25) is 4.57 Å². The first-order valence-corrected chi connectivity index (χ1v) is 9.19. The van der Waals surface area contributed by atoms with Crippen LogP contribution in [0.15, 0.2) is 42.5 Å². The molecule has 0 saturated heterocycles. The van der Waals surface area contributed by atoms with Gasteiger partial charge in [0.2, 0.25) is 5.57 Å². The molecule has 0 radical (unpaired) electrons. The van der Waals surface area contributed by atoms with Crippen molar-refractivity contribution in [1.29, 1.82) is 0 Å². The Hall–Kier alpha value is -1.95. The molecule has 8 heteroatoms. The van der Waals surface area contributed by atoms with Crippen LogP contribution in [0, 0.1) is 0 Å². The smallest absolute Gasteiger partial charge is 0.390 e. The number of hydrogen-bond donors (Lipinski definition) is 0. The van der Waals surface area contributed by atoms with Crippen LogP contribution in [-0.2, 0) is 23.1 Å². The minimum atomic E-state index is -4.28. The van der Waals surface area contributed by atoms with Gasteiger partial charge in [-0.25, -0.2) is 4.79 Å². The summed E-state index contributed by atoms with van der Waals surface area (Å²) < 4.78 is 47.7. The van der Waals surface area contributed by atoms with Crippen molar-refractivity contribution >= 4 is 19.1 Å². The number of benzene rings is 1. The molecular formula is C17H22FO6P. The summed E-state index contributed by atoms with van der Waals surface area (Å²) in [6, 6.07) is 5.97. The Balaban J connectivity index is 3.47. The molecule has 0 spiro atoms. The van der Waals surface area contributed by atoms with Crippen molar-refractivity contribution < 1.29 is 32.3 Å². The molecule has 1 aromatic carbocycles. The Labute approximate surface area is 146 Å². The number of hydrogen-bond acceptors (Lipinski definition) is 6. The summed E-state index contributed by atoms with van der Waals surface area (Å²) in [6.45, 7) is 6.29. The standard InChI is InChI=1S/C17H22FO6P/c1-5-12-22-17(19)15(13-8-10-14(21-4)11-9-13)16(18)25(20,23-6-2)24-7-3/h5,8-11H,1,6-7,12H2,2-4H3/b16-15-. The van der Waals surface area contributed by atoms with E-state index >= 15 is 4.39 Å². The van der Waals surface area contributed by atoms with E-state index in [0.29, 0.717) is 5.75 Å². The molecule has 1 rings (SSSR count). The predicted molar refractivity (Wildman–Crippen MR) is 93.0 cm³/mol. The van der Waals surface area contributed by atoms with Gasteiger partial charge in [0.05, 0.1) is 20.3 Å². The minimum Gasteiger partial charge on any atom is -0.497 e. The van der Waals surface area contributed by atoms with Crippen molar-refractivity contribution in [3.8, 4) is 5.75 Å². The van der Waals surface area contributed by atoms with Crippen molar-refractivity contribution in [1.82, 2.24) is 0 Å². The maximum atomic E-state index is 15.0. The Morgan fingerprint density at radius 1 is 1.20 bits per heavy atom. The second kappa shape index (κ2) is 10.1. The van der Waals surface area contributed by atoms with Gasteiger partial charge >= 0.3 is 13.6 Å². The lowest BCUT2D eigenvalue weighted by Crippen LogP contribution is -2.10. The molecule has 0 aromatic heterocycles. The molecule has 0 unspecified atom stereocenters. The quantitative estimate of drug-likeness (QED) is 0.264. The fourth-order valence-corrected chi connectivity index (χ4v) is 3.39. The van der Waals surface area contributed by atoms with Gasteiger partial charge in [0, 0.05) is 0 Å². The monoisotopic (exact) mass is 372 g/mol. The van der Waals surface area contributed by atoms with E-state index in [9.17, 15) is 9.36 Å². The summed E-state index contributed by atoms with van der Waals surface area (Å²) in [5.41, 5.74) is -1.66. The van der Waals surface area contributed by atoms with Crippen molar-refractivity contribution in [2.75, 3.05) is 26.9 Å². The Morgan fingerprint density at radius 3 is 2.20 bits per heavy atom. The molecule has 0 aliphatic carbocycles. The number of halogens is 1. The molecule has 0 aliphatic heterocycles. The van der Waals surface area contributed by atoms with Crippen molar-refractivity contribution in [3.63, 3.8) is 0 Å². The van der Waals surface area contributed by atoms with Crippen LogP contribution in [0.25, 0.3) is 5.57 Å². The highest BCUT2D eigenvalue weighted by Gasteiger charge is 2.37. The fourth-order valence-electron chi connectivity index (χ4n) is 1.91. The molecule has 1 aromatic rings. The van der Waals surface area contributed by atoms with Crippen LogP contribution in [0.4, 0.5) is 4.39 Å². The van der Waals surface area contributed by atoms with Crippen LogP contribution in [-0.4, -0.2) is 32.9 Å². The van der Waals surface area contributed by atoms with Gasteiger partial charge in [-0.05, 0) is 31.5 Å². The molecule has 0 N–H and O–H groups in total. The van der Waals surface area contributed by atoms with Crippen LogP contribution < -0.4 is 4.74 Å². The zero-order valence-corrected chi connectivity index (χ0v) is 15.4. The van der Waals surface area contributed by atoms with E-state index in [-0.39, 0.29) is 25.4 Å². The first-order chi connectivity index (χ1) is 11.9. The van der Waals surface area contributed by atoms with Crippen molar-refractivity contribution in [2.24, 2.45) is 0 Å². The molecule has 0 bridgehead atoms. The third-order valence-electron chi connectivity index (χ3n) is 2.96. The molecule has 0 heterocycles. The maximum Gasteiger partial charge on any atom is 0.390 e. The van der Waals surface area contributed by atoms with Gasteiger partial charge in [0.1, 0.15) is 17.9 Å². The van der Waals surface area contributed by atoms with E-state index < -0.39 is 24.7 Å². The molecule has 25 heavy (non-hydrogen) atoms. The van der Waals surface area contributed by atoms with E-state index in [0.717, 1.165) is 0 Å². The lowest BCUT2D eigenvalue weighted by Gasteiger charge is -2.18. The summed E-state index contributed by atoms with van der Waals surface area (Å²) >= 11 is 0. The van der Waals surface area contributed by atoms with E-state index in [1.807, 2.05) is 0 Å². The minimum absolute atomic E-state index is 0.0533. The highest BCUT2D eigenvalue weighted by atomic mass is 31.2. The molecule has 0 atom stereocenters. The Morgan fingerprint density at radius 2 is 1.76 bits per heavy atom. The van der Waals surface area contributed by atoms with Gasteiger partial charge in [0.25, 0.3) is 0 Å². The van der Waals surface area contributed by atoms with E-state index in [1.54, 1.807) is 13.8 Å². The average Bonchev–Trinajstić information content (AvgIpc) is 2.61. The average molecular weight is 372 g/mol. The summed E-state index contributed by atoms with van der Waals surface area (Å²) in [7, 11) is -2.81. The van der Waals surface area contributed by atoms with E-state index in [1.165, 1.54) is 37.5 Å². The largest absolute Gasteiger partial charge is 0.497 e. The number of esters is 1. The summed E-state index contributed by atoms with van der Waals surface area (Å²) in [5.74, 6) is -0.483. The predicted octanol–water partition coefficient (Wildman–Crippen LogP) is 4.33. The van der Waals surface area contributed by atoms with Gasteiger partial charge in [-0.15, -0.1) is 0 Å². The fraction of sp³-hybridized carbons (Fsp3) is 0.353. The van der Waals surface area contributed by atoms with Gasteiger partial charge < -0.3 is 18.5 Å². The summed E-state index contributed by atoms with van der Waals surface area (Å²) in [5, 5.41) is 0. The molecule has 0 aliphatic rings. The van der Waals surface area contributed by atoms with Crippen LogP contribution >= 0.6 is 7.60 Å². The SMILES string of the molecule is C=CCOC(=O)/C(=C(/F)P(=O)(OCC)OCC)c1ccc(OC)cc1. The molecule has 138 valence electrons. The number of carbonyl (C=O) groups excluding carboxylic acids is 1. The van der Waals surface area contributed by atoms with E-state index in [2.05, 4.69) is 6.58 Å².